The first-order valence-electron chi connectivity index (χ1n) is 6.02. The van der Waals surface area contributed by atoms with Crippen LogP contribution in [0, 0.1) is 0 Å². The van der Waals surface area contributed by atoms with E-state index in [1.54, 1.807) is 6.08 Å². The van der Waals surface area contributed by atoms with Gasteiger partial charge in [-0.15, -0.1) is 6.58 Å². The Morgan fingerprint density at radius 3 is 2.56 bits per heavy atom. The Bertz CT molecular complexity index is 224. The van der Waals surface area contributed by atoms with Crippen LogP contribution in [0.1, 0.15) is 26.2 Å². The van der Waals surface area contributed by atoms with Crippen molar-refractivity contribution in [3.05, 3.63) is 12.7 Å². The predicted octanol–water partition coefficient (Wildman–Crippen LogP) is 3.24. The van der Waals surface area contributed by atoms with E-state index in [1.807, 2.05) is 6.92 Å². The van der Waals surface area contributed by atoms with Crippen molar-refractivity contribution < 1.29 is 22.3 Å². The fourth-order valence-corrected chi connectivity index (χ4v) is 1.44. The van der Waals surface area contributed by atoms with Crippen molar-refractivity contribution in [2.75, 3.05) is 19.8 Å². The van der Waals surface area contributed by atoms with Gasteiger partial charge in [-0.3, -0.25) is 0 Å². The molecule has 1 unspecified atom stereocenters. The van der Waals surface area contributed by atoms with Gasteiger partial charge >= 0.3 is 12.3 Å². The number of alkyl halides is 4. The summed E-state index contributed by atoms with van der Waals surface area (Å²) in [5.74, 6) is -4.07. The molecule has 0 radical (unpaired) electrons. The zero-order valence-corrected chi connectivity index (χ0v) is 10.6. The number of unbranched alkanes of at least 4 members (excludes halogenated alkanes) is 1. The number of nitrogens with one attached hydrogen (secondary N) is 1. The topological polar surface area (TPSA) is 21.3 Å². The Morgan fingerprint density at radius 2 is 2.06 bits per heavy atom. The minimum atomic E-state index is -4.07. The van der Waals surface area contributed by atoms with Gasteiger partial charge in [0.05, 0.1) is 6.61 Å². The number of likely N-dealkylation sites (N-methyl/N-ethyl adjacent to an activating group) is 1. The number of ether oxygens (including phenoxy) is 1. The van der Waals surface area contributed by atoms with Crippen LogP contribution in [0.15, 0.2) is 12.7 Å². The van der Waals surface area contributed by atoms with Crippen molar-refractivity contribution in [1.82, 2.24) is 5.32 Å². The second-order valence-corrected chi connectivity index (χ2v) is 4.05. The molecule has 0 amide bonds. The van der Waals surface area contributed by atoms with Gasteiger partial charge in [-0.1, -0.05) is 13.0 Å². The summed E-state index contributed by atoms with van der Waals surface area (Å²) in [5, 5.41) is 3.07. The van der Waals surface area contributed by atoms with Crippen molar-refractivity contribution in [3.63, 3.8) is 0 Å². The van der Waals surface area contributed by atoms with Crippen molar-refractivity contribution in [3.8, 4) is 0 Å². The van der Waals surface area contributed by atoms with Gasteiger partial charge in [0.25, 0.3) is 0 Å². The fourth-order valence-electron chi connectivity index (χ4n) is 1.44. The Morgan fingerprint density at radius 1 is 1.39 bits per heavy atom. The molecule has 0 aromatic carbocycles. The molecule has 0 aliphatic carbocycles. The Kier molecular flexibility index (Phi) is 9.01. The molecular weight excluding hydrogens is 250 g/mol. The van der Waals surface area contributed by atoms with E-state index >= 15 is 0 Å². The summed E-state index contributed by atoms with van der Waals surface area (Å²) in [7, 11) is 0. The van der Waals surface area contributed by atoms with Gasteiger partial charge < -0.3 is 10.1 Å². The minimum Gasteiger partial charge on any atom is -0.373 e. The molecular formula is C12H21F4NO. The Hall–Kier alpha value is -0.620. The second-order valence-electron chi connectivity index (χ2n) is 4.05. The summed E-state index contributed by atoms with van der Waals surface area (Å²) in [5.41, 5.74) is 0. The molecule has 0 aromatic rings. The lowest BCUT2D eigenvalue weighted by Crippen LogP contribution is -2.37. The molecule has 0 fully saturated rings. The molecule has 108 valence electrons. The van der Waals surface area contributed by atoms with Gasteiger partial charge in [0.15, 0.2) is 0 Å². The van der Waals surface area contributed by atoms with E-state index in [0.717, 1.165) is 19.3 Å². The van der Waals surface area contributed by atoms with Crippen LogP contribution in [0.3, 0.4) is 0 Å². The van der Waals surface area contributed by atoms with Gasteiger partial charge in [-0.25, -0.2) is 8.78 Å². The molecule has 6 heteroatoms. The van der Waals surface area contributed by atoms with Crippen molar-refractivity contribution >= 4 is 0 Å². The van der Waals surface area contributed by atoms with Crippen molar-refractivity contribution in [2.45, 2.75) is 44.6 Å². The van der Waals surface area contributed by atoms with Gasteiger partial charge in [0.1, 0.15) is 6.61 Å². The number of rotatable bonds is 11. The van der Waals surface area contributed by atoms with Crippen LogP contribution in [0.2, 0.25) is 0 Å². The molecule has 0 aliphatic heterocycles. The molecule has 1 N–H and O–H groups in total. The molecule has 0 bridgehead atoms. The second kappa shape index (κ2) is 9.33. The lowest BCUT2D eigenvalue weighted by Gasteiger charge is -2.20. The van der Waals surface area contributed by atoms with Crippen molar-refractivity contribution in [1.29, 1.82) is 0 Å². The van der Waals surface area contributed by atoms with Crippen molar-refractivity contribution in [2.24, 2.45) is 0 Å². The maximum Gasteiger partial charge on any atom is 0.330 e. The standard InChI is InChI=1S/C12H21F4NO/c1-3-5-6-7-10(17-4-2)8-18-9-12(15,16)11(13)14/h3,10-11,17H,1,4-9H2,2H3. The molecule has 0 aromatic heterocycles. The molecule has 0 saturated heterocycles. The number of hydrogen-bond donors (Lipinski definition) is 1. The molecule has 0 aliphatic rings. The van der Waals surface area contributed by atoms with Crippen LogP contribution in [0.4, 0.5) is 17.6 Å². The van der Waals surface area contributed by atoms with Gasteiger partial charge in [-0.2, -0.15) is 8.78 Å². The normalized spacial score (nSPS) is 13.9. The highest BCUT2D eigenvalue weighted by molar-refractivity contribution is 4.72. The molecule has 0 rings (SSSR count). The summed E-state index contributed by atoms with van der Waals surface area (Å²) in [6.07, 6.45) is 0.510. The van der Waals surface area contributed by atoms with Crippen LogP contribution in [0.25, 0.3) is 0 Å². The van der Waals surface area contributed by atoms with Gasteiger partial charge in [0, 0.05) is 6.04 Å². The summed E-state index contributed by atoms with van der Waals surface area (Å²) in [4.78, 5) is 0. The SMILES string of the molecule is C=CCCCC(COCC(F)(F)C(F)F)NCC. The molecule has 18 heavy (non-hydrogen) atoms. The van der Waals surface area contributed by atoms with Crippen LogP contribution in [-0.4, -0.2) is 38.1 Å². The third-order valence-corrected chi connectivity index (χ3v) is 2.39. The molecule has 0 spiro atoms. The lowest BCUT2D eigenvalue weighted by molar-refractivity contribution is -0.167. The van der Waals surface area contributed by atoms with E-state index in [1.165, 1.54) is 0 Å². The van der Waals surface area contributed by atoms with E-state index < -0.39 is 19.0 Å². The smallest absolute Gasteiger partial charge is 0.330 e. The zero-order chi connectivity index (χ0) is 14.0. The summed E-state index contributed by atoms with van der Waals surface area (Å²) in [6, 6.07) is -0.0941. The minimum absolute atomic E-state index is 0.00723. The zero-order valence-electron chi connectivity index (χ0n) is 10.6. The summed E-state index contributed by atoms with van der Waals surface area (Å²) < 4.78 is 53.6. The molecule has 0 heterocycles. The van der Waals surface area contributed by atoms with E-state index in [0.29, 0.717) is 6.54 Å². The van der Waals surface area contributed by atoms with E-state index in [9.17, 15) is 17.6 Å². The lowest BCUT2D eigenvalue weighted by atomic mass is 10.1. The largest absolute Gasteiger partial charge is 0.373 e. The maximum atomic E-state index is 12.6. The quantitative estimate of drug-likeness (QED) is 0.354. The highest BCUT2D eigenvalue weighted by Crippen LogP contribution is 2.22. The van der Waals surface area contributed by atoms with Gasteiger partial charge in [-0.05, 0) is 25.8 Å². The first-order chi connectivity index (χ1) is 8.44. The third kappa shape index (κ3) is 7.66. The van der Waals surface area contributed by atoms with Crippen LogP contribution >= 0.6 is 0 Å². The van der Waals surface area contributed by atoms with Crippen LogP contribution in [-0.2, 0) is 4.74 Å². The first-order valence-corrected chi connectivity index (χ1v) is 6.02. The Labute approximate surface area is 105 Å². The average molecular weight is 271 g/mol. The van der Waals surface area contributed by atoms with Crippen LogP contribution in [0.5, 0.6) is 0 Å². The number of hydrogen-bond acceptors (Lipinski definition) is 2. The number of allylic oxidation sites excluding steroid dienone is 1. The average Bonchev–Trinajstić information content (AvgIpc) is 2.29. The monoisotopic (exact) mass is 271 g/mol. The van der Waals surface area contributed by atoms with Crippen LogP contribution < -0.4 is 5.32 Å². The highest BCUT2D eigenvalue weighted by atomic mass is 19.3. The molecule has 2 nitrogen and oxygen atoms in total. The number of halogens is 4. The molecule has 0 saturated carbocycles. The van der Waals surface area contributed by atoms with E-state index in [4.69, 9.17) is 0 Å². The Balaban J connectivity index is 3.92. The third-order valence-electron chi connectivity index (χ3n) is 2.39. The highest BCUT2D eigenvalue weighted by Gasteiger charge is 2.41. The van der Waals surface area contributed by atoms with Gasteiger partial charge in [0.2, 0.25) is 0 Å². The summed E-state index contributed by atoms with van der Waals surface area (Å²) >= 11 is 0. The van der Waals surface area contributed by atoms with E-state index in [-0.39, 0.29) is 12.6 Å². The maximum absolute atomic E-state index is 12.6. The van der Waals surface area contributed by atoms with E-state index in [2.05, 4.69) is 16.6 Å². The summed E-state index contributed by atoms with van der Waals surface area (Å²) in [6.45, 7) is 4.91. The fraction of sp³-hybridized carbons (Fsp3) is 0.833. The first kappa shape index (κ1) is 17.4. The molecule has 1 atom stereocenters. The predicted molar refractivity (Wildman–Crippen MR) is 63.3 cm³/mol.